The lowest BCUT2D eigenvalue weighted by molar-refractivity contribution is -0.384. The second kappa shape index (κ2) is 13.7. The van der Waals surface area contributed by atoms with Gasteiger partial charge in [0.25, 0.3) is 5.69 Å². The standard InChI is InChI=1S/C18H13N3O3.C18H15N3O/c1-24-15-5-6-18-16(9-15)17(11-20-18)13(10-19)7-12-3-2-4-14(8-12)21(22)23;1-22-15-5-6-18-16(9-15)17(11-21-18)13(10-19)7-12-3-2-4-14(20)8-12/h2-9,11,20H,1H3;2-9,11,21H,20H2,1H3/b2*13-7+. The van der Waals surface area contributed by atoms with Gasteiger partial charge in [-0.1, -0.05) is 24.3 Å². The number of hydrogen-bond donors (Lipinski definition) is 3. The highest BCUT2D eigenvalue weighted by atomic mass is 16.6. The number of aromatic amines is 2. The number of nitrogen functional groups attached to an aromatic ring is 1. The van der Waals surface area contributed by atoms with E-state index in [2.05, 4.69) is 22.1 Å². The summed E-state index contributed by atoms with van der Waals surface area (Å²) in [7, 11) is 3.21. The summed E-state index contributed by atoms with van der Waals surface area (Å²) >= 11 is 0. The third-order valence-corrected chi connectivity index (χ3v) is 7.21. The number of aromatic nitrogens is 2. The van der Waals surface area contributed by atoms with Crippen molar-refractivity contribution in [1.82, 2.24) is 9.97 Å². The summed E-state index contributed by atoms with van der Waals surface area (Å²) in [6.07, 6.45) is 7.05. The lowest BCUT2D eigenvalue weighted by atomic mass is 10.0. The number of benzene rings is 4. The molecule has 0 radical (unpaired) electrons. The summed E-state index contributed by atoms with van der Waals surface area (Å²) in [6.45, 7) is 0. The second-order valence-electron chi connectivity index (χ2n) is 10.1. The van der Waals surface area contributed by atoms with Crippen LogP contribution in [0.5, 0.6) is 11.5 Å². The van der Waals surface area contributed by atoms with Gasteiger partial charge in [-0.3, -0.25) is 10.1 Å². The van der Waals surface area contributed by atoms with Crippen LogP contribution in [0, 0.1) is 32.8 Å². The third kappa shape index (κ3) is 6.72. The molecule has 0 spiro atoms. The van der Waals surface area contributed by atoms with E-state index in [9.17, 15) is 20.6 Å². The number of rotatable bonds is 7. The number of nitrogens with zero attached hydrogens (tertiary/aromatic N) is 3. The first kappa shape index (κ1) is 30.7. The number of anilines is 1. The normalized spacial score (nSPS) is 11.3. The second-order valence-corrected chi connectivity index (χ2v) is 10.1. The third-order valence-electron chi connectivity index (χ3n) is 7.21. The zero-order chi connectivity index (χ0) is 32.6. The summed E-state index contributed by atoms with van der Waals surface area (Å²) in [5, 5.41) is 31.7. The molecule has 6 rings (SSSR count). The molecule has 2 heterocycles. The maximum Gasteiger partial charge on any atom is 0.270 e. The van der Waals surface area contributed by atoms with Crippen molar-refractivity contribution in [3.05, 3.63) is 130 Å². The molecule has 6 aromatic rings. The van der Waals surface area contributed by atoms with Gasteiger partial charge in [0.05, 0.1) is 42.4 Å². The SMILES string of the molecule is COc1ccc2[nH]cc(/C(C#N)=C/c3cccc(N)c3)c2c1.COc1ccc2[nH]cc(/C(C#N)=C/c3cccc([N+](=O)[O-])c3)c2c1. The summed E-state index contributed by atoms with van der Waals surface area (Å²) in [4.78, 5) is 16.7. The summed E-state index contributed by atoms with van der Waals surface area (Å²) in [5.41, 5.74) is 12.3. The summed E-state index contributed by atoms with van der Waals surface area (Å²) in [6, 6.07) is 29.3. The van der Waals surface area contributed by atoms with Crippen LogP contribution in [0.3, 0.4) is 0 Å². The molecule has 0 atom stereocenters. The summed E-state index contributed by atoms with van der Waals surface area (Å²) < 4.78 is 10.5. The first-order valence-corrected chi connectivity index (χ1v) is 14.0. The van der Waals surface area contributed by atoms with Crippen LogP contribution >= 0.6 is 0 Å². The van der Waals surface area contributed by atoms with E-state index >= 15 is 0 Å². The molecular weight excluding hydrogens is 580 g/mol. The van der Waals surface area contributed by atoms with Gasteiger partial charge in [-0.25, -0.2) is 0 Å². The van der Waals surface area contributed by atoms with Crippen molar-refractivity contribution < 1.29 is 14.4 Å². The Bertz CT molecular complexity index is 2210. The molecule has 0 fully saturated rings. The number of non-ortho nitro benzene ring substituents is 1. The van der Waals surface area contributed by atoms with Crippen molar-refractivity contribution in [1.29, 1.82) is 10.5 Å². The van der Waals surface area contributed by atoms with E-state index in [1.165, 1.54) is 12.1 Å². The first-order valence-electron chi connectivity index (χ1n) is 14.0. The van der Waals surface area contributed by atoms with Crippen molar-refractivity contribution in [2.24, 2.45) is 0 Å². The minimum absolute atomic E-state index is 0.0124. The number of nitriles is 2. The molecule has 0 saturated heterocycles. The van der Waals surface area contributed by atoms with E-state index in [4.69, 9.17) is 15.2 Å². The quantitative estimate of drug-likeness (QED) is 0.0715. The topological polar surface area (TPSA) is 167 Å². The predicted octanol–water partition coefficient (Wildman–Crippen LogP) is 7.97. The Morgan fingerprint density at radius 2 is 1.26 bits per heavy atom. The van der Waals surface area contributed by atoms with Crippen molar-refractivity contribution in [3.8, 4) is 23.6 Å². The molecule has 0 saturated carbocycles. The fourth-order valence-corrected chi connectivity index (χ4v) is 4.95. The van der Waals surface area contributed by atoms with Crippen molar-refractivity contribution in [2.45, 2.75) is 0 Å². The largest absolute Gasteiger partial charge is 0.497 e. The van der Waals surface area contributed by atoms with Gasteiger partial charge >= 0.3 is 0 Å². The van der Waals surface area contributed by atoms with Crippen molar-refractivity contribution in [3.63, 3.8) is 0 Å². The van der Waals surface area contributed by atoms with E-state index in [-0.39, 0.29) is 5.69 Å². The molecule has 0 aliphatic rings. The van der Waals surface area contributed by atoms with Crippen LogP contribution in [-0.4, -0.2) is 29.1 Å². The van der Waals surface area contributed by atoms with Crippen LogP contribution in [0.4, 0.5) is 11.4 Å². The molecule has 0 unspecified atom stereocenters. The number of fused-ring (bicyclic) bond motifs is 2. The number of H-pyrrole nitrogens is 2. The molecule has 2 aromatic heterocycles. The summed E-state index contributed by atoms with van der Waals surface area (Å²) in [5.74, 6) is 1.45. The number of allylic oxidation sites excluding steroid dienone is 2. The van der Waals surface area contributed by atoms with E-state index in [0.29, 0.717) is 28.1 Å². The maximum absolute atomic E-state index is 10.9. The predicted molar refractivity (Wildman–Crippen MR) is 181 cm³/mol. The number of nitro benzene ring substituents is 1. The Hall–Kier alpha value is -6.78. The first-order chi connectivity index (χ1) is 22.3. The molecule has 226 valence electrons. The number of methoxy groups -OCH3 is 2. The number of nitrogens with two attached hydrogens (primary N) is 1. The molecule has 0 bridgehead atoms. The smallest absolute Gasteiger partial charge is 0.270 e. The van der Waals surface area contributed by atoms with Crippen LogP contribution in [0.1, 0.15) is 22.3 Å². The van der Waals surface area contributed by atoms with Crippen LogP contribution in [0.15, 0.2) is 97.3 Å². The Morgan fingerprint density at radius 1 is 0.761 bits per heavy atom. The van der Waals surface area contributed by atoms with Gasteiger partial charge < -0.3 is 25.2 Å². The van der Waals surface area contributed by atoms with Crippen LogP contribution in [0.25, 0.3) is 45.1 Å². The highest BCUT2D eigenvalue weighted by Gasteiger charge is 2.12. The van der Waals surface area contributed by atoms with E-state index in [1.807, 2.05) is 72.9 Å². The molecule has 46 heavy (non-hydrogen) atoms. The van der Waals surface area contributed by atoms with Crippen LogP contribution in [-0.2, 0) is 0 Å². The highest BCUT2D eigenvalue weighted by molar-refractivity contribution is 6.02. The fourth-order valence-electron chi connectivity index (χ4n) is 4.95. The average Bonchev–Trinajstić information content (AvgIpc) is 3.70. The van der Waals surface area contributed by atoms with E-state index in [0.717, 1.165) is 44.2 Å². The molecule has 10 heteroatoms. The molecule has 4 aromatic carbocycles. The molecule has 10 nitrogen and oxygen atoms in total. The van der Waals surface area contributed by atoms with Crippen LogP contribution in [0.2, 0.25) is 0 Å². The maximum atomic E-state index is 10.9. The molecule has 0 amide bonds. The van der Waals surface area contributed by atoms with Gasteiger partial charge in [-0.15, -0.1) is 0 Å². The van der Waals surface area contributed by atoms with Gasteiger partial charge in [-0.05, 0) is 71.8 Å². The number of nitro groups is 1. The van der Waals surface area contributed by atoms with Gasteiger partial charge in [0, 0.05) is 63.1 Å². The Kier molecular flexibility index (Phi) is 9.12. The van der Waals surface area contributed by atoms with Gasteiger partial charge in [0.2, 0.25) is 0 Å². The number of hydrogen-bond acceptors (Lipinski definition) is 7. The molecule has 0 aliphatic heterocycles. The van der Waals surface area contributed by atoms with Crippen LogP contribution < -0.4 is 15.2 Å². The minimum atomic E-state index is -0.458. The lowest BCUT2D eigenvalue weighted by Crippen LogP contribution is -1.88. The zero-order valence-electron chi connectivity index (χ0n) is 24.9. The monoisotopic (exact) mass is 608 g/mol. The Labute approximate surface area is 264 Å². The lowest BCUT2D eigenvalue weighted by Gasteiger charge is -2.02. The van der Waals surface area contributed by atoms with Crippen molar-refractivity contribution in [2.75, 3.05) is 20.0 Å². The molecule has 0 aliphatic carbocycles. The Morgan fingerprint density at radius 3 is 1.72 bits per heavy atom. The van der Waals surface area contributed by atoms with Crippen molar-refractivity contribution >= 4 is 56.5 Å². The average molecular weight is 609 g/mol. The Balaban J connectivity index is 0.000000182. The molecular formula is C36H28N6O4. The van der Waals surface area contributed by atoms with E-state index < -0.39 is 4.92 Å². The molecule has 4 N–H and O–H groups in total. The number of nitrogens with one attached hydrogen (secondary N) is 2. The van der Waals surface area contributed by atoms with Gasteiger partial charge in [0.15, 0.2) is 0 Å². The zero-order valence-corrected chi connectivity index (χ0v) is 24.9. The minimum Gasteiger partial charge on any atom is -0.497 e. The van der Waals surface area contributed by atoms with Gasteiger partial charge in [0.1, 0.15) is 11.5 Å². The van der Waals surface area contributed by atoms with E-state index in [1.54, 1.807) is 38.6 Å². The fraction of sp³-hybridized carbons (Fsp3) is 0.0556. The van der Waals surface area contributed by atoms with Gasteiger partial charge in [-0.2, -0.15) is 10.5 Å². The number of ether oxygens (including phenoxy) is 2. The highest BCUT2D eigenvalue weighted by Crippen LogP contribution is 2.31.